The number of anilines is 1. The summed E-state index contributed by atoms with van der Waals surface area (Å²) in [6.07, 6.45) is 4.23. The van der Waals surface area contributed by atoms with Crippen LogP contribution < -0.4 is 5.32 Å². The van der Waals surface area contributed by atoms with Crippen molar-refractivity contribution in [3.8, 4) is 0 Å². The maximum absolute atomic E-state index is 12.8. The van der Waals surface area contributed by atoms with Crippen molar-refractivity contribution >= 4 is 58.6 Å². The number of benzene rings is 1. The summed E-state index contributed by atoms with van der Waals surface area (Å²) in [4.78, 5) is 37.6. The van der Waals surface area contributed by atoms with Crippen molar-refractivity contribution < 1.29 is 23.5 Å². The third-order valence-electron chi connectivity index (χ3n) is 8.23. The molecule has 240 valence electrons. The SMILES string of the molecule is CC(=O)CCC(C)(C)SSCOC1C[C@H](n2cnc3c(NC(=O)c4ccccc4)ncnc32)O[C@@H]1CO[Si](C)(C)C(C)(C)C. The Labute approximate surface area is 269 Å². The van der Waals surface area contributed by atoms with E-state index in [0.29, 0.717) is 47.9 Å². The van der Waals surface area contributed by atoms with E-state index in [1.54, 1.807) is 47.0 Å². The molecule has 1 N–H and O–H groups in total. The van der Waals surface area contributed by atoms with Crippen molar-refractivity contribution in [2.75, 3.05) is 17.9 Å². The van der Waals surface area contributed by atoms with E-state index in [0.717, 1.165) is 6.42 Å². The number of hydrogen-bond acceptors (Lipinski definition) is 10. The van der Waals surface area contributed by atoms with Crippen LogP contribution in [0.15, 0.2) is 43.0 Å². The Hall–Kier alpha value is -2.29. The lowest BCUT2D eigenvalue weighted by atomic mass is 10.1. The first-order valence-corrected chi connectivity index (χ1v) is 20.1. The number of amides is 1. The first-order chi connectivity index (χ1) is 20.7. The fourth-order valence-corrected chi connectivity index (χ4v) is 7.76. The second-order valence-corrected chi connectivity index (χ2v) is 21.0. The van der Waals surface area contributed by atoms with Crippen molar-refractivity contribution in [2.24, 2.45) is 0 Å². The molecule has 0 spiro atoms. The summed E-state index contributed by atoms with van der Waals surface area (Å²) in [5.41, 5.74) is 1.58. The van der Waals surface area contributed by atoms with Gasteiger partial charge in [-0.25, -0.2) is 15.0 Å². The predicted octanol–water partition coefficient (Wildman–Crippen LogP) is 7.26. The molecule has 3 heterocycles. The summed E-state index contributed by atoms with van der Waals surface area (Å²) in [6, 6.07) is 8.98. The maximum Gasteiger partial charge on any atom is 0.256 e. The van der Waals surface area contributed by atoms with E-state index in [4.69, 9.17) is 13.9 Å². The van der Waals surface area contributed by atoms with Crippen molar-refractivity contribution in [3.63, 3.8) is 0 Å². The van der Waals surface area contributed by atoms with Crippen LogP contribution in [0.2, 0.25) is 18.1 Å². The zero-order valence-corrected chi connectivity index (χ0v) is 29.6. The number of rotatable bonds is 14. The van der Waals surface area contributed by atoms with E-state index in [2.05, 4.69) is 68.0 Å². The van der Waals surface area contributed by atoms with Gasteiger partial charge in [0.15, 0.2) is 25.3 Å². The van der Waals surface area contributed by atoms with E-state index in [9.17, 15) is 9.59 Å². The molecule has 1 fully saturated rings. The fraction of sp³-hybridized carbons (Fsp3) is 0.581. The number of fused-ring (bicyclic) bond motifs is 1. The number of carbonyl (C=O) groups is 2. The van der Waals surface area contributed by atoms with E-state index in [1.807, 2.05) is 22.8 Å². The molecule has 4 rings (SSSR count). The van der Waals surface area contributed by atoms with Gasteiger partial charge in [0, 0.05) is 23.2 Å². The van der Waals surface area contributed by atoms with Crippen LogP contribution in [-0.2, 0) is 18.7 Å². The molecule has 1 amide bonds. The number of carbonyl (C=O) groups excluding carboxylic acids is 2. The summed E-state index contributed by atoms with van der Waals surface area (Å²) >= 11 is 0. The normalized spacial score (nSPS) is 19.4. The Balaban J connectivity index is 1.48. The number of nitrogens with one attached hydrogen (secondary N) is 1. The van der Waals surface area contributed by atoms with Gasteiger partial charge in [0.05, 0.1) is 19.0 Å². The Bertz CT molecular complexity index is 1430. The minimum Gasteiger partial charge on any atom is -0.414 e. The molecule has 0 saturated carbocycles. The molecule has 0 radical (unpaired) electrons. The highest BCUT2D eigenvalue weighted by Gasteiger charge is 2.42. The van der Waals surface area contributed by atoms with Crippen LogP contribution in [0, 0.1) is 0 Å². The second kappa shape index (κ2) is 14.4. The molecule has 1 aromatic carbocycles. The molecule has 3 aromatic rings. The van der Waals surface area contributed by atoms with E-state index < -0.39 is 8.32 Å². The quantitative estimate of drug-likeness (QED) is 0.0820. The fourth-order valence-electron chi connectivity index (χ4n) is 4.44. The Kier molecular flexibility index (Phi) is 11.3. The highest BCUT2D eigenvalue weighted by Crippen LogP contribution is 2.41. The van der Waals surface area contributed by atoms with Gasteiger partial charge in [-0.15, -0.1) is 0 Å². The van der Waals surface area contributed by atoms with Gasteiger partial charge in [-0.05, 0) is 57.5 Å². The number of aromatic nitrogens is 4. The lowest BCUT2D eigenvalue weighted by Gasteiger charge is -2.37. The van der Waals surface area contributed by atoms with Gasteiger partial charge in [-0.1, -0.05) is 60.6 Å². The number of ether oxygens (including phenoxy) is 2. The third kappa shape index (κ3) is 8.91. The second-order valence-electron chi connectivity index (χ2n) is 13.3. The summed E-state index contributed by atoms with van der Waals surface area (Å²) in [6.45, 7) is 17.5. The lowest BCUT2D eigenvalue weighted by molar-refractivity contribution is -0.117. The van der Waals surface area contributed by atoms with Gasteiger partial charge in [0.2, 0.25) is 0 Å². The molecular formula is C31H45N5O5S2Si. The zero-order chi connectivity index (χ0) is 32.1. The number of hydrogen-bond donors (Lipinski definition) is 1. The minimum absolute atomic E-state index is 0.0394. The standard InChI is InChI=1S/C31H45N5O5S2Si/c1-21(37)14-15-31(5,6)43-42-20-39-23-16-25(41-24(23)17-40-44(7,8)30(2,3)4)36-19-34-26-27(32-18-33-28(26)36)35-29(38)22-12-10-9-11-13-22/h9-13,18-19,23-25H,14-17,20H2,1-8H3,(H,32,33,35,38)/t23?,24-,25-/m1/s1. The van der Waals surface area contributed by atoms with E-state index in [1.165, 1.54) is 6.33 Å². The molecule has 1 unspecified atom stereocenters. The Morgan fingerprint density at radius 2 is 1.84 bits per heavy atom. The number of imidazole rings is 1. The highest BCUT2D eigenvalue weighted by molar-refractivity contribution is 8.77. The van der Waals surface area contributed by atoms with Crippen LogP contribution in [0.1, 0.15) is 77.4 Å². The summed E-state index contributed by atoms with van der Waals surface area (Å²) in [5.74, 6) is 0.760. The van der Waals surface area contributed by atoms with Gasteiger partial charge >= 0.3 is 0 Å². The van der Waals surface area contributed by atoms with Gasteiger partial charge in [0.1, 0.15) is 30.4 Å². The summed E-state index contributed by atoms with van der Waals surface area (Å²) < 4.78 is 21.4. The number of nitrogens with zero attached hydrogens (tertiary/aromatic N) is 4. The van der Waals surface area contributed by atoms with E-state index >= 15 is 0 Å². The number of ketones is 1. The van der Waals surface area contributed by atoms with E-state index in [-0.39, 0.29) is 39.9 Å². The smallest absolute Gasteiger partial charge is 0.256 e. The van der Waals surface area contributed by atoms with Gasteiger partial charge in [0.25, 0.3) is 5.91 Å². The van der Waals surface area contributed by atoms with Crippen LogP contribution in [-0.4, -0.2) is 69.0 Å². The minimum atomic E-state index is -2.02. The van der Waals surface area contributed by atoms with Gasteiger partial charge in [-0.3, -0.25) is 9.36 Å². The van der Waals surface area contributed by atoms with Crippen molar-refractivity contribution in [1.29, 1.82) is 0 Å². The Morgan fingerprint density at radius 3 is 2.52 bits per heavy atom. The average molecular weight is 660 g/mol. The van der Waals surface area contributed by atoms with Crippen molar-refractivity contribution in [3.05, 3.63) is 48.5 Å². The largest absolute Gasteiger partial charge is 0.414 e. The molecule has 44 heavy (non-hydrogen) atoms. The monoisotopic (exact) mass is 659 g/mol. The molecule has 0 bridgehead atoms. The number of Topliss-reactive ketones (excluding diaryl/α,β-unsaturated/α-hetero) is 1. The highest BCUT2D eigenvalue weighted by atomic mass is 33.1. The summed E-state index contributed by atoms with van der Waals surface area (Å²) in [5, 5.41) is 2.93. The van der Waals surface area contributed by atoms with Crippen LogP contribution in [0.5, 0.6) is 0 Å². The van der Waals surface area contributed by atoms with Crippen LogP contribution >= 0.6 is 21.6 Å². The zero-order valence-electron chi connectivity index (χ0n) is 27.0. The average Bonchev–Trinajstić information content (AvgIpc) is 3.58. The van der Waals surface area contributed by atoms with Crippen LogP contribution in [0.3, 0.4) is 0 Å². The molecule has 1 aliphatic rings. The molecule has 1 aliphatic heterocycles. The third-order valence-corrected chi connectivity index (χ3v) is 15.7. The summed E-state index contributed by atoms with van der Waals surface area (Å²) in [7, 11) is 1.37. The molecule has 2 aromatic heterocycles. The van der Waals surface area contributed by atoms with Crippen molar-refractivity contribution in [1.82, 2.24) is 19.5 Å². The van der Waals surface area contributed by atoms with Crippen LogP contribution in [0.4, 0.5) is 5.82 Å². The first-order valence-electron chi connectivity index (χ1n) is 14.9. The first kappa shape index (κ1) is 34.6. The van der Waals surface area contributed by atoms with Gasteiger partial charge < -0.3 is 24.0 Å². The predicted molar refractivity (Wildman–Crippen MR) is 180 cm³/mol. The van der Waals surface area contributed by atoms with Crippen LogP contribution in [0.25, 0.3) is 11.2 Å². The molecule has 3 atom stereocenters. The van der Waals surface area contributed by atoms with Crippen molar-refractivity contribution in [2.45, 2.75) is 102 Å². The molecule has 1 saturated heterocycles. The molecule has 10 nitrogen and oxygen atoms in total. The molecule has 0 aliphatic carbocycles. The molecule has 13 heteroatoms. The Morgan fingerprint density at radius 1 is 1.11 bits per heavy atom. The lowest BCUT2D eigenvalue weighted by Crippen LogP contribution is -2.44. The van der Waals surface area contributed by atoms with Gasteiger partial charge in [-0.2, -0.15) is 0 Å². The topological polar surface area (TPSA) is 117 Å². The maximum atomic E-state index is 12.8. The molecular weight excluding hydrogens is 615 g/mol.